The predicted molar refractivity (Wildman–Crippen MR) is 56.1 cm³/mol. The number of rotatable bonds is 0. The van der Waals surface area contributed by atoms with Crippen LogP contribution < -0.4 is 5.56 Å². The highest BCUT2D eigenvalue weighted by molar-refractivity contribution is 5.76. The molecule has 0 unspecified atom stereocenters. The molecule has 5 nitrogen and oxygen atoms in total. The number of aromatic amines is 1. The Morgan fingerprint density at radius 1 is 1.28 bits per heavy atom. The number of benzene rings is 1. The fraction of sp³-hybridized carbons (Fsp3) is 0.100. The number of aliphatic carboxylic acids is 1. The van der Waals surface area contributed by atoms with Crippen molar-refractivity contribution in [1.29, 1.82) is 0 Å². The van der Waals surface area contributed by atoms with Gasteiger partial charge in [0.15, 0.2) is 0 Å². The highest BCUT2D eigenvalue weighted by atomic mass is 19.4. The van der Waals surface area contributed by atoms with Gasteiger partial charge >= 0.3 is 12.1 Å². The first-order valence-electron chi connectivity index (χ1n) is 4.55. The summed E-state index contributed by atoms with van der Waals surface area (Å²) in [6.45, 7) is 0. The Kier molecular flexibility index (Phi) is 4.03. The number of carboxylic acid groups (broad SMARTS) is 1. The summed E-state index contributed by atoms with van der Waals surface area (Å²) >= 11 is 0. The van der Waals surface area contributed by atoms with E-state index in [0.29, 0.717) is 5.39 Å². The molecule has 0 aliphatic heterocycles. The molecule has 0 aliphatic carbocycles. The van der Waals surface area contributed by atoms with Gasteiger partial charge < -0.3 is 10.1 Å². The van der Waals surface area contributed by atoms with Crippen molar-refractivity contribution in [2.45, 2.75) is 6.18 Å². The molecule has 1 aromatic heterocycles. The number of carboxylic acids is 1. The Morgan fingerprint density at radius 2 is 1.83 bits per heavy atom. The average molecular weight is 260 g/mol. The lowest BCUT2D eigenvalue weighted by atomic mass is 10.2. The Morgan fingerprint density at radius 3 is 2.33 bits per heavy atom. The van der Waals surface area contributed by atoms with E-state index in [1.165, 1.54) is 6.33 Å². The van der Waals surface area contributed by atoms with Gasteiger partial charge in [0.05, 0.1) is 17.2 Å². The first-order valence-corrected chi connectivity index (χ1v) is 4.55. The average Bonchev–Trinajstić information content (AvgIpc) is 2.29. The number of para-hydroxylation sites is 1. The van der Waals surface area contributed by atoms with Crippen LogP contribution in [0.5, 0.6) is 0 Å². The maximum absolute atomic E-state index is 11.1. The lowest BCUT2D eigenvalue weighted by Crippen LogP contribution is -2.21. The van der Waals surface area contributed by atoms with Crippen LogP contribution in [0.15, 0.2) is 35.4 Å². The predicted octanol–water partition coefficient (Wildman–Crippen LogP) is 1.56. The highest BCUT2D eigenvalue weighted by Gasteiger charge is 2.38. The zero-order valence-electron chi connectivity index (χ0n) is 8.73. The van der Waals surface area contributed by atoms with E-state index in [-0.39, 0.29) is 5.56 Å². The molecule has 2 rings (SSSR count). The number of aromatic nitrogens is 2. The van der Waals surface area contributed by atoms with Crippen LogP contribution in [0.4, 0.5) is 13.2 Å². The number of halogens is 3. The van der Waals surface area contributed by atoms with Gasteiger partial charge in [0.1, 0.15) is 0 Å². The van der Waals surface area contributed by atoms with Gasteiger partial charge in [0, 0.05) is 0 Å². The van der Waals surface area contributed by atoms with Crippen LogP contribution in [0.25, 0.3) is 10.9 Å². The zero-order valence-corrected chi connectivity index (χ0v) is 8.73. The molecular formula is C10H7F3N2O3. The van der Waals surface area contributed by atoms with Crippen LogP contribution in [0.1, 0.15) is 0 Å². The van der Waals surface area contributed by atoms with Crippen molar-refractivity contribution in [3.05, 3.63) is 40.9 Å². The van der Waals surface area contributed by atoms with Crippen molar-refractivity contribution in [1.82, 2.24) is 9.97 Å². The Labute approximate surface area is 97.9 Å². The smallest absolute Gasteiger partial charge is 0.475 e. The molecular weight excluding hydrogens is 253 g/mol. The molecule has 0 bridgehead atoms. The van der Waals surface area contributed by atoms with E-state index in [0.717, 1.165) is 5.52 Å². The van der Waals surface area contributed by atoms with E-state index in [9.17, 15) is 18.0 Å². The number of H-pyrrole nitrogens is 1. The minimum absolute atomic E-state index is 0.0874. The fourth-order valence-electron chi connectivity index (χ4n) is 1.02. The molecule has 96 valence electrons. The molecule has 2 aromatic rings. The molecule has 1 heterocycles. The van der Waals surface area contributed by atoms with Gasteiger partial charge in [-0.15, -0.1) is 0 Å². The van der Waals surface area contributed by atoms with Gasteiger partial charge in [-0.25, -0.2) is 9.78 Å². The van der Waals surface area contributed by atoms with Crippen molar-refractivity contribution < 1.29 is 23.1 Å². The van der Waals surface area contributed by atoms with Crippen LogP contribution in [-0.4, -0.2) is 27.2 Å². The van der Waals surface area contributed by atoms with Crippen LogP contribution in [0.3, 0.4) is 0 Å². The normalized spacial score (nSPS) is 10.6. The van der Waals surface area contributed by atoms with Crippen LogP contribution in [0.2, 0.25) is 0 Å². The third kappa shape index (κ3) is 3.58. The Bertz CT molecular complexity index is 602. The molecule has 0 aliphatic rings. The summed E-state index contributed by atoms with van der Waals surface area (Å²) in [5, 5.41) is 7.76. The van der Waals surface area contributed by atoms with Gasteiger partial charge in [-0.2, -0.15) is 13.2 Å². The lowest BCUT2D eigenvalue weighted by Gasteiger charge is -1.93. The molecule has 18 heavy (non-hydrogen) atoms. The van der Waals surface area contributed by atoms with Gasteiger partial charge in [0.2, 0.25) is 0 Å². The number of carbonyl (C=O) groups is 1. The number of alkyl halides is 3. The first kappa shape index (κ1) is 13.7. The summed E-state index contributed by atoms with van der Waals surface area (Å²) in [6, 6.07) is 7.24. The third-order valence-electron chi connectivity index (χ3n) is 1.79. The van der Waals surface area contributed by atoms with Crippen molar-refractivity contribution in [3.8, 4) is 0 Å². The highest BCUT2D eigenvalue weighted by Crippen LogP contribution is 2.13. The summed E-state index contributed by atoms with van der Waals surface area (Å²) in [5.74, 6) is -2.76. The van der Waals surface area contributed by atoms with Gasteiger partial charge in [-0.05, 0) is 12.1 Å². The number of fused-ring (bicyclic) bond motifs is 1. The molecule has 1 aromatic carbocycles. The van der Waals surface area contributed by atoms with E-state index in [2.05, 4.69) is 9.97 Å². The second kappa shape index (κ2) is 5.30. The Hall–Kier alpha value is -2.38. The molecule has 0 radical (unpaired) electrons. The maximum Gasteiger partial charge on any atom is 0.490 e. The SMILES string of the molecule is O=C(O)C(F)(F)F.O=c1[nH]cnc2ccccc12. The minimum atomic E-state index is -5.08. The lowest BCUT2D eigenvalue weighted by molar-refractivity contribution is -0.192. The monoisotopic (exact) mass is 260 g/mol. The largest absolute Gasteiger partial charge is 0.490 e. The van der Waals surface area contributed by atoms with Crippen molar-refractivity contribution in [2.24, 2.45) is 0 Å². The summed E-state index contributed by atoms with van der Waals surface area (Å²) < 4.78 is 31.7. The number of nitrogens with zero attached hydrogens (tertiary/aromatic N) is 1. The molecule has 8 heteroatoms. The number of hydrogen-bond donors (Lipinski definition) is 2. The van der Waals surface area contributed by atoms with E-state index in [4.69, 9.17) is 9.90 Å². The number of hydrogen-bond acceptors (Lipinski definition) is 3. The minimum Gasteiger partial charge on any atom is -0.475 e. The quantitative estimate of drug-likeness (QED) is 0.752. The van der Waals surface area contributed by atoms with Crippen LogP contribution in [0, 0.1) is 0 Å². The third-order valence-corrected chi connectivity index (χ3v) is 1.79. The van der Waals surface area contributed by atoms with Crippen molar-refractivity contribution in [2.75, 3.05) is 0 Å². The first-order chi connectivity index (χ1) is 8.32. The van der Waals surface area contributed by atoms with Gasteiger partial charge in [-0.3, -0.25) is 4.79 Å². The molecule has 0 amide bonds. The second-order valence-electron chi connectivity index (χ2n) is 3.05. The standard InChI is InChI=1S/C8H6N2O.C2HF3O2/c11-8-6-3-1-2-4-7(6)9-5-10-8;3-2(4,5)1(6)7/h1-5H,(H,9,10,11);(H,6,7). The van der Waals surface area contributed by atoms with Gasteiger partial charge in [-0.1, -0.05) is 12.1 Å². The second-order valence-corrected chi connectivity index (χ2v) is 3.05. The van der Waals surface area contributed by atoms with E-state index < -0.39 is 12.1 Å². The number of nitrogens with one attached hydrogen (secondary N) is 1. The topological polar surface area (TPSA) is 83.0 Å². The molecule has 2 N–H and O–H groups in total. The zero-order chi connectivity index (χ0) is 13.8. The molecule has 0 spiro atoms. The van der Waals surface area contributed by atoms with Gasteiger partial charge in [0.25, 0.3) is 5.56 Å². The van der Waals surface area contributed by atoms with Crippen LogP contribution >= 0.6 is 0 Å². The summed E-state index contributed by atoms with van der Waals surface area (Å²) in [7, 11) is 0. The summed E-state index contributed by atoms with van der Waals surface area (Å²) in [5.41, 5.74) is 0.645. The van der Waals surface area contributed by atoms with Crippen molar-refractivity contribution in [3.63, 3.8) is 0 Å². The molecule has 0 fully saturated rings. The van der Waals surface area contributed by atoms with E-state index in [1.54, 1.807) is 6.07 Å². The molecule has 0 saturated heterocycles. The van der Waals surface area contributed by atoms with Crippen molar-refractivity contribution >= 4 is 16.9 Å². The fourth-order valence-corrected chi connectivity index (χ4v) is 1.02. The summed E-state index contributed by atoms with van der Waals surface area (Å²) in [6.07, 6.45) is -3.68. The summed E-state index contributed by atoms with van der Waals surface area (Å²) in [4.78, 5) is 26.5. The maximum atomic E-state index is 11.1. The Balaban J connectivity index is 0.000000203. The molecule has 0 saturated carbocycles. The van der Waals surface area contributed by atoms with Crippen LogP contribution in [-0.2, 0) is 4.79 Å². The molecule has 0 atom stereocenters. The van der Waals surface area contributed by atoms with E-state index >= 15 is 0 Å². The van der Waals surface area contributed by atoms with E-state index in [1.807, 2.05) is 18.2 Å².